The molecule has 3 N–H and O–H groups in total. The first kappa shape index (κ1) is 20.5. The van der Waals surface area contributed by atoms with E-state index in [0.29, 0.717) is 23.8 Å². The molecule has 0 radical (unpaired) electrons. The fourth-order valence-electron chi connectivity index (χ4n) is 3.85. The van der Waals surface area contributed by atoms with Gasteiger partial charge in [-0.3, -0.25) is 9.79 Å². The predicted molar refractivity (Wildman–Crippen MR) is 112 cm³/mol. The molecule has 0 unspecified atom stereocenters. The van der Waals surface area contributed by atoms with Crippen LogP contribution in [0.15, 0.2) is 29.3 Å². The van der Waals surface area contributed by atoms with E-state index in [1.165, 1.54) is 32.1 Å². The van der Waals surface area contributed by atoms with Crippen LogP contribution in [0.25, 0.3) is 0 Å². The maximum absolute atomic E-state index is 11.8. The largest absolute Gasteiger partial charge is 0.484 e. The van der Waals surface area contributed by atoms with Gasteiger partial charge in [0.1, 0.15) is 5.75 Å². The van der Waals surface area contributed by atoms with E-state index in [-0.39, 0.29) is 12.5 Å². The number of carbonyl (C=O) groups excluding carboxylic acids is 1. The monoisotopic (exact) mass is 386 g/mol. The van der Waals surface area contributed by atoms with Crippen molar-refractivity contribution < 1.29 is 9.53 Å². The maximum atomic E-state index is 11.8. The molecule has 2 aliphatic carbocycles. The second-order valence-electron chi connectivity index (χ2n) is 8.12. The van der Waals surface area contributed by atoms with Gasteiger partial charge in [0.25, 0.3) is 5.91 Å². The van der Waals surface area contributed by atoms with Crippen molar-refractivity contribution in [3.63, 3.8) is 0 Å². The van der Waals surface area contributed by atoms with E-state index in [4.69, 9.17) is 4.74 Å². The fraction of sp³-hybridized carbons (Fsp3) is 0.636. The Kier molecular flexibility index (Phi) is 7.18. The van der Waals surface area contributed by atoms with Gasteiger partial charge in [-0.2, -0.15) is 0 Å². The molecule has 6 nitrogen and oxygen atoms in total. The first-order valence-corrected chi connectivity index (χ1v) is 10.6. The summed E-state index contributed by atoms with van der Waals surface area (Å²) in [5.41, 5.74) is 1.51. The number of nitrogens with one attached hydrogen (secondary N) is 3. The van der Waals surface area contributed by atoms with Crippen LogP contribution in [-0.2, 0) is 11.3 Å². The van der Waals surface area contributed by atoms with Gasteiger partial charge in [-0.15, -0.1) is 0 Å². The summed E-state index contributed by atoms with van der Waals surface area (Å²) in [4.78, 5) is 16.1. The number of rotatable bonds is 9. The zero-order valence-electron chi connectivity index (χ0n) is 17.2. The van der Waals surface area contributed by atoms with E-state index >= 15 is 0 Å². The number of nitrogens with zero attached hydrogens (tertiary/aromatic N) is 1. The van der Waals surface area contributed by atoms with Crippen LogP contribution in [0.1, 0.15) is 57.4 Å². The molecule has 0 spiro atoms. The highest BCUT2D eigenvalue weighted by Gasteiger charge is 2.31. The minimum atomic E-state index is -0.0487. The molecular weight excluding hydrogens is 352 g/mol. The summed E-state index contributed by atoms with van der Waals surface area (Å²) < 4.78 is 5.63. The van der Waals surface area contributed by atoms with Gasteiger partial charge in [0.2, 0.25) is 0 Å². The van der Waals surface area contributed by atoms with Crippen LogP contribution in [0.3, 0.4) is 0 Å². The van der Waals surface area contributed by atoms with E-state index in [0.717, 1.165) is 30.9 Å². The SMILES string of the molecule is CCC1(CNC(=NC)NCc2cccc(OCC(=O)NC3CC3)c2)CCCC1. The van der Waals surface area contributed by atoms with Gasteiger partial charge >= 0.3 is 0 Å². The van der Waals surface area contributed by atoms with Gasteiger partial charge in [-0.05, 0) is 55.2 Å². The fourth-order valence-corrected chi connectivity index (χ4v) is 3.85. The summed E-state index contributed by atoms with van der Waals surface area (Å²) in [6.45, 7) is 3.99. The van der Waals surface area contributed by atoms with Gasteiger partial charge in [0, 0.05) is 26.2 Å². The Hall–Kier alpha value is -2.24. The lowest BCUT2D eigenvalue weighted by Crippen LogP contribution is -2.42. The van der Waals surface area contributed by atoms with Crippen molar-refractivity contribution in [1.29, 1.82) is 0 Å². The molecule has 1 aromatic rings. The predicted octanol–water partition coefficient (Wildman–Crippen LogP) is 2.98. The number of benzene rings is 1. The molecule has 1 amide bonds. The topological polar surface area (TPSA) is 74.8 Å². The van der Waals surface area contributed by atoms with Gasteiger partial charge in [-0.25, -0.2) is 0 Å². The molecule has 154 valence electrons. The summed E-state index contributed by atoms with van der Waals surface area (Å²) in [6, 6.07) is 8.21. The van der Waals surface area contributed by atoms with Gasteiger partial charge in [-0.1, -0.05) is 31.9 Å². The Balaban J connectivity index is 1.44. The standard InChI is InChI=1S/C22H34N4O2/c1-3-22(11-4-5-12-22)16-25-21(23-2)24-14-17-7-6-8-19(13-17)28-15-20(27)26-18-9-10-18/h6-8,13,18H,3-5,9-12,14-16H2,1-2H3,(H,26,27)(H2,23,24,25). The molecule has 6 heteroatoms. The third-order valence-electron chi connectivity index (χ3n) is 5.94. The Morgan fingerprint density at radius 3 is 2.71 bits per heavy atom. The minimum absolute atomic E-state index is 0.0487. The highest BCUT2D eigenvalue weighted by Crippen LogP contribution is 2.40. The smallest absolute Gasteiger partial charge is 0.258 e. The Morgan fingerprint density at radius 1 is 1.25 bits per heavy atom. The Bertz CT molecular complexity index is 679. The Morgan fingerprint density at radius 2 is 2.04 bits per heavy atom. The molecule has 0 bridgehead atoms. The lowest BCUT2D eigenvalue weighted by molar-refractivity contribution is -0.123. The van der Waals surface area contributed by atoms with Crippen molar-refractivity contribution in [1.82, 2.24) is 16.0 Å². The molecule has 28 heavy (non-hydrogen) atoms. The molecule has 0 aromatic heterocycles. The van der Waals surface area contributed by atoms with Crippen LogP contribution in [0, 0.1) is 5.41 Å². The van der Waals surface area contributed by atoms with Crippen LogP contribution in [0.2, 0.25) is 0 Å². The molecule has 0 heterocycles. The summed E-state index contributed by atoms with van der Waals surface area (Å²) in [5, 5.41) is 9.82. The number of carbonyl (C=O) groups is 1. The average molecular weight is 387 g/mol. The van der Waals surface area contributed by atoms with Crippen molar-refractivity contribution in [2.75, 3.05) is 20.2 Å². The summed E-state index contributed by atoms with van der Waals surface area (Å²) in [6.07, 6.45) is 8.68. The third kappa shape index (κ3) is 6.14. The molecule has 0 saturated heterocycles. The minimum Gasteiger partial charge on any atom is -0.484 e. The van der Waals surface area contributed by atoms with Gasteiger partial charge in [0.05, 0.1) is 0 Å². The van der Waals surface area contributed by atoms with Crippen LogP contribution < -0.4 is 20.7 Å². The first-order valence-electron chi connectivity index (χ1n) is 10.6. The zero-order chi connectivity index (χ0) is 19.8. The van der Waals surface area contributed by atoms with Gasteiger partial charge < -0.3 is 20.7 Å². The molecule has 0 aliphatic heterocycles. The molecule has 2 aliphatic rings. The molecule has 1 aromatic carbocycles. The number of hydrogen-bond donors (Lipinski definition) is 3. The molecule has 2 saturated carbocycles. The van der Waals surface area contributed by atoms with E-state index < -0.39 is 0 Å². The number of ether oxygens (including phenoxy) is 1. The van der Waals surface area contributed by atoms with E-state index in [2.05, 4.69) is 27.9 Å². The second-order valence-corrected chi connectivity index (χ2v) is 8.12. The summed E-state index contributed by atoms with van der Waals surface area (Å²) >= 11 is 0. The lowest BCUT2D eigenvalue weighted by atomic mass is 9.83. The van der Waals surface area contributed by atoms with Crippen LogP contribution in [0.4, 0.5) is 0 Å². The summed E-state index contributed by atoms with van der Waals surface area (Å²) in [7, 11) is 1.81. The number of guanidine groups is 1. The summed E-state index contributed by atoms with van der Waals surface area (Å²) in [5.74, 6) is 1.49. The quantitative estimate of drug-likeness (QED) is 0.451. The van der Waals surface area contributed by atoms with E-state index in [1.54, 1.807) is 7.05 Å². The van der Waals surface area contributed by atoms with Crippen LogP contribution in [0.5, 0.6) is 5.75 Å². The average Bonchev–Trinajstić information content (AvgIpc) is 3.40. The molecular formula is C22H34N4O2. The second kappa shape index (κ2) is 9.80. The van der Waals surface area contributed by atoms with Crippen LogP contribution >= 0.6 is 0 Å². The van der Waals surface area contributed by atoms with E-state index in [1.807, 2.05) is 24.3 Å². The lowest BCUT2D eigenvalue weighted by Gasteiger charge is -2.28. The molecule has 0 atom stereocenters. The Labute approximate surface area is 168 Å². The first-order chi connectivity index (χ1) is 13.6. The normalized spacial score (nSPS) is 18.6. The highest BCUT2D eigenvalue weighted by molar-refractivity contribution is 5.79. The number of amides is 1. The number of aliphatic imine (C=N–C) groups is 1. The van der Waals surface area contributed by atoms with Gasteiger partial charge in [0.15, 0.2) is 12.6 Å². The van der Waals surface area contributed by atoms with Crippen molar-refractivity contribution in [2.24, 2.45) is 10.4 Å². The van der Waals surface area contributed by atoms with Crippen molar-refractivity contribution in [3.05, 3.63) is 29.8 Å². The van der Waals surface area contributed by atoms with E-state index in [9.17, 15) is 4.79 Å². The number of hydrogen-bond acceptors (Lipinski definition) is 3. The highest BCUT2D eigenvalue weighted by atomic mass is 16.5. The zero-order valence-corrected chi connectivity index (χ0v) is 17.2. The van der Waals surface area contributed by atoms with Crippen molar-refractivity contribution in [2.45, 2.75) is 64.5 Å². The molecule has 3 rings (SSSR count). The van der Waals surface area contributed by atoms with Crippen LogP contribution in [-0.4, -0.2) is 38.1 Å². The van der Waals surface area contributed by atoms with Crippen molar-refractivity contribution >= 4 is 11.9 Å². The van der Waals surface area contributed by atoms with Crippen molar-refractivity contribution in [3.8, 4) is 5.75 Å². The maximum Gasteiger partial charge on any atom is 0.258 e. The third-order valence-corrected chi connectivity index (χ3v) is 5.94. The molecule has 2 fully saturated rings.